The Morgan fingerprint density at radius 3 is 2.00 bits per heavy atom. The van der Waals surface area contributed by atoms with Crippen molar-refractivity contribution in [2.75, 3.05) is 7.11 Å². The highest BCUT2D eigenvalue weighted by atomic mass is 16.5. The molecule has 0 aromatic carbocycles. The molecule has 0 saturated heterocycles. The molecule has 0 aromatic heterocycles. The van der Waals surface area contributed by atoms with E-state index >= 15 is 0 Å². The lowest BCUT2D eigenvalue weighted by Crippen LogP contribution is -2.25. The molecular weight excluding hydrogens is 252 g/mol. The van der Waals surface area contributed by atoms with E-state index in [1.54, 1.807) is 13.8 Å². The molecule has 0 atom stereocenters. The molecule has 0 rings (SSSR count). The van der Waals surface area contributed by atoms with Crippen LogP contribution in [0.25, 0.3) is 0 Å². The van der Waals surface area contributed by atoms with Gasteiger partial charge in [-0.15, -0.1) is 0 Å². The van der Waals surface area contributed by atoms with E-state index < -0.39 is 23.3 Å². The minimum absolute atomic E-state index is 0.114. The number of carboxylic acid groups (broad SMARTS) is 2. The zero-order valence-corrected chi connectivity index (χ0v) is 11.6. The fourth-order valence-electron chi connectivity index (χ4n) is 1.82. The van der Waals surface area contributed by atoms with Gasteiger partial charge in [-0.2, -0.15) is 0 Å². The number of methoxy groups -OCH3 is 1. The summed E-state index contributed by atoms with van der Waals surface area (Å²) >= 11 is 0. The second-order valence-electron chi connectivity index (χ2n) is 5.20. The van der Waals surface area contributed by atoms with E-state index in [4.69, 9.17) is 10.2 Å². The van der Waals surface area contributed by atoms with Gasteiger partial charge < -0.3 is 14.9 Å². The minimum atomic E-state index is -1.34. The summed E-state index contributed by atoms with van der Waals surface area (Å²) < 4.78 is 4.68. The number of hydrogen-bond acceptors (Lipinski definition) is 4. The van der Waals surface area contributed by atoms with E-state index in [-0.39, 0.29) is 12.4 Å². The van der Waals surface area contributed by atoms with Gasteiger partial charge in [0.25, 0.3) is 0 Å². The van der Waals surface area contributed by atoms with Crippen molar-refractivity contribution < 1.29 is 29.3 Å². The van der Waals surface area contributed by atoms with E-state index in [1.807, 2.05) is 0 Å². The van der Waals surface area contributed by atoms with Crippen LogP contribution < -0.4 is 0 Å². The third-order valence-electron chi connectivity index (χ3n) is 3.13. The number of carbonyl (C=O) groups excluding carboxylic acids is 1. The average Bonchev–Trinajstić information content (AvgIpc) is 2.31. The summed E-state index contributed by atoms with van der Waals surface area (Å²) in [6, 6.07) is 0. The topological polar surface area (TPSA) is 101 Å². The van der Waals surface area contributed by atoms with Crippen LogP contribution in [0, 0.1) is 11.3 Å². The monoisotopic (exact) mass is 274 g/mol. The first-order chi connectivity index (χ1) is 8.72. The Bertz CT molecular complexity index is 320. The van der Waals surface area contributed by atoms with Crippen molar-refractivity contribution in [2.45, 2.75) is 46.0 Å². The Kier molecular flexibility index (Phi) is 7.11. The van der Waals surface area contributed by atoms with Crippen LogP contribution in [0.4, 0.5) is 0 Å². The Hall–Kier alpha value is -1.59. The summed E-state index contributed by atoms with van der Waals surface area (Å²) in [6.07, 6.45) is 2.68. The molecular formula is C13H22O6. The summed E-state index contributed by atoms with van der Waals surface area (Å²) in [7, 11) is 1.34. The number of ether oxygens (including phenoxy) is 1. The van der Waals surface area contributed by atoms with Crippen LogP contribution >= 0.6 is 0 Å². The van der Waals surface area contributed by atoms with Crippen LogP contribution in [0.2, 0.25) is 0 Å². The molecule has 0 aliphatic carbocycles. The fourth-order valence-corrected chi connectivity index (χ4v) is 1.82. The fraction of sp³-hybridized carbons (Fsp3) is 0.769. The first kappa shape index (κ1) is 17.4. The number of carboxylic acids is 2. The summed E-state index contributed by atoms with van der Waals surface area (Å²) in [5.41, 5.74) is -0.562. The van der Waals surface area contributed by atoms with Crippen molar-refractivity contribution in [1.82, 2.24) is 0 Å². The van der Waals surface area contributed by atoms with E-state index in [1.165, 1.54) is 7.11 Å². The van der Waals surface area contributed by atoms with Crippen molar-refractivity contribution in [1.29, 1.82) is 0 Å². The van der Waals surface area contributed by atoms with Gasteiger partial charge in [0.1, 0.15) is 0 Å². The van der Waals surface area contributed by atoms with E-state index in [0.29, 0.717) is 19.3 Å². The molecule has 19 heavy (non-hydrogen) atoms. The molecule has 0 radical (unpaired) electrons. The smallest absolute Gasteiger partial charge is 0.317 e. The SMILES string of the molecule is COC(=O)C(C)(C)CCCCCC(C(=O)O)C(=O)O. The van der Waals surface area contributed by atoms with E-state index in [2.05, 4.69) is 4.74 Å². The number of unbranched alkanes of at least 4 members (excludes halogenated alkanes) is 2. The van der Waals surface area contributed by atoms with Crippen LogP contribution in [-0.4, -0.2) is 35.2 Å². The van der Waals surface area contributed by atoms with Gasteiger partial charge in [-0.3, -0.25) is 14.4 Å². The van der Waals surface area contributed by atoms with E-state index in [0.717, 1.165) is 6.42 Å². The predicted octanol–water partition coefficient (Wildman–Crippen LogP) is 1.92. The average molecular weight is 274 g/mol. The van der Waals surface area contributed by atoms with Gasteiger partial charge >= 0.3 is 17.9 Å². The normalized spacial score (nSPS) is 11.4. The maximum absolute atomic E-state index is 11.4. The van der Waals surface area contributed by atoms with Crippen LogP contribution in [-0.2, 0) is 19.1 Å². The van der Waals surface area contributed by atoms with Crippen molar-refractivity contribution in [3.8, 4) is 0 Å². The maximum Gasteiger partial charge on any atom is 0.317 e. The quantitative estimate of drug-likeness (QED) is 0.378. The third-order valence-corrected chi connectivity index (χ3v) is 3.13. The van der Waals surface area contributed by atoms with Crippen molar-refractivity contribution in [2.24, 2.45) is 11.3 Å². The zero-order chi connectivity index (χ0) is 15.1. The number of esters is 1. The maximum atomic E-state index is 11.4. The Labute approximate surface area is 112 Å². The standard InChI is InChI=1S/C13H22O6/c1-13(2,12(18)19-3)8-6-4-5-7-9(10(14)15)11(16)17/h9H,4-8H2,1-3H3,(H,14,15)(H,16,17). The zero-order valence-electron chi connectivity index (χ0n) is 11.6. The van der Waals surface area contributed by atoms with Gasteiger partial charge in [0.15, 0.2) is 5.92 Å². The molecule has 0 aromatic rings. The van der Waals surface area contributed by atoms with Crippen molar-refractivity contribution in [3.05, 3.63) is 0 Å². The molecule has 0 heterocycles. The van der Waals surface area contributed by atoms with Crippen LogP contribution in [0.15, 0.2) is 0 Å². The number of hydrogen-bond donors (Lipinski definition) is 2. The van der Waals surface area contributed by atoms with Gasteiger partial charge in [0.2, 0.25) is 0 Å². The van der Waals surface area contributed by atoms with E-state index in [9.17, 15) is 14.4 Å². The minimum Gasteiger partial charge on any atom is -0.481 e. The largest absolute Gasteiger partial charge is 0.481 e. The summed E-state index contributed by atoms with van der Waals surface area (Å²) in [6.45, 7) is 3.58. The number of rotatable bonds is 9. The summed E-state index contributed by atoms with van der Waals surface area (Å²) in [5.74, 6) is -4.22. The Morgan fingerprint density at radius 1 is 1.05 bits per heavy atom. The lowest BCUT2D eigenvalue weighted by atomic mass is 9.86. The van der Waals surface area contributed by atoms with Crippen molar-refractivity contribution in [3.63, 3.8) is 0 Å². The third kappa shape index (κ3) is 6.22. The summed E-state index contributed by atoms with van der Waals surface area (Å²) in [5, 5.41) is 17.4. The first-order valence-electron chi connectivity index (χ1n) is 6.26. The van der Waals surface area contributed by atoms with Crippen LogP contribution in [0.1, 0.15) is 46.0 Å². The summed E-state index contributed by atoms with van der Waals surface area (Å²) in [4.78, 5) is 32.7. The van der Waals surface area contributed by atoms with Crippen molar-refractivity contribution >= 4 is 17.9 Å². The molecule has 0 saturated carbocycles. The molecule has 110 valence electrons. The number of aliphatic carboxylic acids is 2. The molecule has 2 N–H and O–H groups in total. The second kappa shape index (κ2) is 7.76. The predicted molar refractivity (Wildman–Crippen MR) is 67.6 cm³/mol. The highest BCUT2D eigenvalue weighted by Gasteiger charge is 2.28. The molecule has 6 heteroatoms. The number of carbonyl (C=O) groups is 3. The Morgan fingerprint density at radius 2 is 1.58 bits per heavy atom. The van der Waals surface area contributed by atoms with Crippen LogP contribution in [0.3, 0.4) is 0 Å². The first-order valence-corrected chi connectivity index (χ1v) is 6.26. The molecule has 0 fully saturated rings. The molecule has 0 aliphatic heterocycles. The second-order valence-corrected chi connectivity index (χ2v) is 5.20. The van der Waals surface area contributed by atoms with Gasteiger partial charge in [-0.05, 0) is 26.7 Å². The lowest BCUT2D eigenvalue weighted by Gasteiger charge is -2.21. The molecule has 0 bridgehead atoms. The van der Waals surface area contributed by atoms with Gasteiger partial charge in [0.05, 0.1) is 12.5 Å². The highest BCUT2D eigenvalue weighted by Crippen LogP contribution is 2.25. The molecule has 0 aliphatic rings. The lowest BCUT2D eigenvalue weighted by molar-refractivity contribution is -0.155. The van der Waals surface area contributed by atoms with Gasteiger partial charge in [-0.25, -0.2) is 0 Å². The molecule has 0 amide bonds. The van der Waals surface area contributed by atoms with Crippen LogP contribution in [0.5, 0.6) is 0 Å². The molecule has 6 nitrogen and oxygen atoms in total. The highest BCUT2D eigenvalue weighted by molar-refractivity contribution is 5.92. The molecule has 0 spiro atoms. The Balaban J connectivity index is 3.96. The van der Waals surface area contributed by atoms with Gasteiger partial charge in [0, 0.05) is 0 Å². The molecule has 0 unspecified atom stereocenters. The van der Waals surface area contributed by atoms with Gasteiger partial charge in [-0.1, -0.05) is 19.3 Å².